The molecule has 4 rings (SSSR count). The Balaban J connectivity index is 1.81. The summed E-state index contributed by atoms with van der Waals surface area (Å²) in [5.74, 6) is 1.31. The van der Waals surface area contributed by atoms with Gasteiger partial charge in [-0.25, -0.2) is 15.0 Å². The van der Waals surface area contributed by atoms with Gasteiger partial charge in [-0.2, -0.15) is 0 Å². The molecular weight excluding hydrogens is 322 g/mol. The number of hydrogen-bond acceptors (Lipinski definition) is 5. The van der Waals surface area contributed by atoms with Gasteiger partial charge in [0.25, 0.3) is 5.56 Å². The quantitative estimate of drug-likeness (QED) is 0.623. The zero-order valence-corrected chi connectivity index (χ0v) is 14.1. The van der Waals surface area contributed by atoms with E-state index in [0.717, 1.165) is 33.1 Å². The van der Waals surface area contributed by atoms with Crippen LogP contribution in [-0.2, 0) is 6.42 Å². The Bertz CT molecular complexity index is 1060. The number of pyridine rings is 1. The second-order valence-corrected chi connectivity index (χ2v) is 6.66. The van der Waals surface area contributed by atoms with Crippen molar-refractivity contribution >= 4 is 21.6 Å². The van der Waals surface area contributed by atoms with E-state index in [0.29, 0.717) is 11.2 Å². The third-order valence-electron chi connectivity index (χ3n) is 4.01. The van der Waals surface area contributed by atoms with Crippen molar-refractivity contribution in [2.24, 2.45) is 0 Å². The molecule has 4 aromatic rings. The van der Waals surface area contributed by atoms with E-state index in [1.165, 1.54) is 0 Å². The summed E-state index contributed by atoms with van der Waals surface area (Å²) in [5, 5.41) is 0.715. The van der Waals surface area contributed by atoms with Gasteiger partial charge in [0.05, 0.1) is 5.39 Å². The summed E-state index contributed by atoms with van der Waals surface area (Å²) < 4.78 is 1.82. The molecule has 0 unspecified atom stereocenters. The second-order valence-electron chi connectivity index (χ2n) is 5.46. The molecule has 120 valence electrons. The Labute approximate surface area is 141 Å². The van der Waals surface area contributed by atoms with Crippen LogP contribution in [-0.4, -0.2) is 24.5 Å². The van der Waals surface area contributed by atoms with E-state index in [1.807, 2.05) is 29.8 Å². The van der Waals surface area contributed by atoms with Crippen LogP contribution in [0.25, 0.3) is 27.4 Å². The topological polar surface area (TPSA) is 76.5 Å². The van der Waals surface area contributed by atoms with Crippen molar-refractivity contribution in [2.45, 2.75) is 20.3 Å². The predicted octanol–water partition coefficient (Wildman–Crippen LogP) is 3.10. The molecule has 1 N–H and O–H groups in total. The van der Waals surface area contributed by atoms with Crippen LogP contribution in [0.5, 0.6) is 0 Å². The van der Waals surface area contributed by atoms with Crippen molar-refractivity contribution in [3.63, 3.8) is 0 Å². The summed E-state index contributed by atoms with van der Waals surface area (Å²) in [5.41, 5.74) is 1.78. The van der Waals surface area contributed by atoms with Crippen molar-refractivity contribution in [1.29, 1.82) is 0 Å². The minimum absolute atomic E-state index is 0.0881. The highest BCUT2D eigenvalue weighted by molar-refractivity contribution is 7.18. The van der Waals surface area contributed by atoms with E-state index in [4.69, 9.17) is 0 Å². The summed E-state index contributed by atoms with van der Waals surface area (Å²) in [7, 11) is 0. The van der Waals surface area contributed by atoms with Gasteiger partial charge >= 0.3 is 0 Å². The van der Waals surface area contributed by atoms with E-state index in [-0.39, 0.29) is 5.56 Å². The normalized spacial score (nSPS) is 11.2. The number of aryl methyl sites for hydroxylation is 2. The molecule has 0 bridgehead atoms. The minimum atomic E-state index is -0.0881. The van der Waals surface area contributed by atoms with Gasteiger partial charge in [-0.3, -0.25) is 9.36 Å². The monoisotopic (exact) mass is 337 g/mol. The van der Waals surface area contributed by atoms with Gasteiger partial charge < -0.3 is 4.98 Å². The maximum Gasteiger partial charge on any atom is 0.260 e. The molecule has 0 fully saturated rings. The number of H-pyrrole nitrogens is 1. The van der Waals surface area contributed by atoms with Crippen molar-refractivity contribution in [3.8, 4) is 17.2 Å². The van der Waals surface area contributed by atoms with Gasteiger partial charge in [-0.15, -0.1) is 11.3 Å². The van der Waals surface area contributed by atoms with E-state index in [2.05, 4.69) is 26.9 Å². The number of fused-ring (bicyclic) bond motifs is 1. The lowest BCUT2D eigenvalue weighted by atomic mass is 10.1. The number of thiophene rings is 1. The fraction of sp³-hybridized carbons (Fsp3) is 0.176. The molecule has 0 radical (unpaired) electrons. The van der Waals surface area contributed by atoms with Crippen LogP contribution in [0.3, 0.4) is 0 Å². The van der Waals surface area contributed by atoms with E-state index in [9.17, 15) is 4.79 Å². The Kier molecular flexibility index (Phi) is 3.50. The number of nitrogens with one attached hydrogen (secondary N) is 1. The first kappa shape index (κ1) is 14.8. The van der Waals surface area contributed by atoms with E-state index < -0.39 is 0 Å². The SMILES string of the molecule is CCc1c(C)sc2nc(-c3ccc(-n4ccnc4)nc3)[nH]c(=O)c12. The Hall–Kier alpha value is -2.80. The Morgan fingerprint density at radius 3 is 2.88 bits per heavy atom. The standard InChI is InChI=1S/C17H15N5OS/c1-3-12-10(2)24-17-14(12)16(23)20-15(21-17)11-4-5-13(19-8-11)22-7-6-18-9-22/h4-9H,3H2,1-2H3,(H,20,21,23). The molecular formula is C17H15N5OS. The number of hydrogen-bond donors (Lipinski definition) is 1. The maximum absolute atomic E-state index is 12.5. The molecule has 0 aliphatic carbocycles. The molecule has 0 aliphatic heterocycles. The zero-order chi connectivity index (χ0) is 16.7. The highest BCUT2D eigenvalue weighted by Gasteiger charge is 2.14. The molecule has 4 heterocycles. The first-order chi connectivity index (χ1) is 11.7. The fourth-order valence-corrected chi connectivity index (χ4v) is 3.93. The van der Waals surface area contributed by atoms with Gasteiger partial charge in [0.2, 0.25) is 0 Å². The van der Waals surface area contributed by atoms with Gasteiger partial charge in [-0.05, 0) is 31.0 Å². The lowest BCUT2D eigenvalue weighted by Crippen LogP contribution is -2.10. The lowest BCUT2D eigenvalue weighted by Gasteiger charge is -2.04. The van der Waals surface area contributed by atoms with Crippen molar-refractivity contribution in [1.82, 2.24) is 24.5 Å². The lowest BCUT2D eigenvalue weighted by molar-refractivity contribution is 0.992. The van der Waals surface area contributed by atoms with Crippen LogP contribution in [0.15, 0.2) is 41.8 Å². The molecule has 0 aromatic carbocycles. The molecule has 0 atom stereocenters. The molecule has 24 heavy (non-hydrogen) atoms. The summed E-state index contributed by atoms with van der Waals surface area (Å²) in [6.07, 6.45) is 7.76. The summed E-state index contributed by atoms with van der Waals surface area (Å²) in [4.78, 5) is 30.4. The molecule has 0 amide bonds. The first-order valence-electron chi connectivity index (χ1n) is 7.64. The smallest absolute Gasteiger partial charge is 0.260 e. The summed E-state index contributed by atoms with van der Waals surface area (Å²) in [6.45, 7) is 4.09. The number of aromatic nitrogens is 5. The summed E-state index contributed by atoms with van der Waals surface area (Å²) in [6, 6.07) is 3.77. The predicted molar refractivity (Wildman–Crippen MR) is 94.7 cm³/mol. The zero-order valence-electron chi connectivity index (χ0n) is 13.3. The third kappa shape index (κ3) is 2.33. The molecule has 0 saturated carbocycles. The number of rotatable bonds is 3. The van der Waals surface area contributed by atoms with Gasteiger partial charge in [0, 0.05) is 29.0 Å². The first-order valence-corrected chi connectivity index (χ1v) is 8.46. The average Bonchev–Trinajstić information content (AvgIpc) is 3.22. The Morgan fingerprint density at radius 1 is 1.33 bits per heavy atom. The number of nitrogens with zero attached hydrogens (tertiary/aromatic N) is 4. The van der Waals surface area contributed by atoms with E-state index in [1.54, 1.807) is 30.1 Å². The highest BCUT2D eigenvalue weighted by atomic mass is 32.1. The number of aromatic amines is 1. The molecule has 0 saturated heterocycles. The van der Waals surface area contributed by atoms with Crippen LogP contribution in [0.4, 0.5) is 0 Å². The van der Waals surface area contributed by atoms with Crippen molar-refractivity contribution < 1.29 is 0 Å². The minimum Gasteiger partial charge on any atom is -0.306 e. The number of imidazole rings is 1. The van der Waals surface area contributed by atoms with Crippen LogP contribution in [0, 0.1) is 6.92 Å². The van der Waals surface area contributed by atoms with Crippen LogP contribution < -0.4 is 5.56 Å². The molecule has 7 heteroatoms. The largest absolute Gasteiger partial charge is 0.306 e. The molecule has 0 aliphatic rings. The molecule has 4 aromatic heterocycles. The van der Waals surface area contributed by atoms with Gasteiger partial charge in [0.15, 0.2) is 0 Å². The van der Waals surface area contributed by atoms with Crippen LogP contribution >= 0.6 is 11.3 Å². The summed E-state index contributed by atoms with van der Waals surface area (Å²) >= 11 is 1.56. The molecule has 0 spiro atoms. The van der Waals surface area contributed by atoms with Gasteiger partial charge in [0.1, 0.15) is 22.8 Å². The van der Waals surface area contributed by atoms with Crippen molar-refractivity contribution in [3.05, 3.63) is 57.8 Å². The third-order valence-corrected chi connectivity index (χ3v) is 5.05. The van der Waals surface area contributed by atoms with E-state index >= 15 is 0 Å². The molecule has 6 nitrogen and oxygen atoms in total. The average molecular weight is 337 g/mol. The fourth-order valence-electron chi connectivity index (χ4n) is 2.81. The second kappa shape index (κ2) is 5.68. The van der Waals surface area contributed by atoms with Crippen molar-refractivity contribution in [2.75, 3.05) is 0 Å². The van der Waals surface area contributed by atoms with Gasteiger partial charge in [-0.1, -0.05) is 6.92 Å². The highest BCUT2D eigenvalue weighted by Crippen LogP contribution is 2.28. The van der Waals surface area contributed by atoms with Crippen LogP contribution in [0.1, 0.15) is 17.4 Å². The maximum atomic E-state index is 12.5. The van der Waals surface area contributed by atoms with Crippen LogP contribution in [0.2, 0.25) is 0 Å². The Morgan fingerprint density at radius 2 is 2.21 bits per heavy atom.